The molecular weight excluding hydrogens is 192 g/mol. The summed E-state index contributed by atoms with van der Waals surface area (Å²) in [5.41, 5.74) is 0.466. The Hall–Kier alpha value is -1.65. The lowest BCUT2D eigenvalue weighted by molar-refractivity contribution is -0.137. The van der Waals surface area contributed by atoms with Gasteiger partial charge in [-0.1, -0.05) is 0 Å². The zero-order valence-electron chi connectivity index (χ0n) is 7.05. The average molecular weight is 199 g/mol. The maximum Gasteiger partial charge on any atom is 0.326 e. The Labute approximate surface area is 78.4 Å². The molecule has 3 nitrogen and oxygen atoms in total. The van der Waals surface area contributed by atoms with Crippen LogP contribution in [0.25, 0.3) is 0 Å². The SMILES string of the molecule is O=C(O)C1Cc2c(ccc(F)c2F)N1. The number of halogens is 2. The van der Waals surface area contributed by atoms with E-state index in [9.17, 15) is 13.6 Å². The molecule has 1 atom stereocenters. The highest BCUT2D eigenvalue weighted by atomic mass is 19.2. The first-order chi connectivity index (χ1) is 6.59. The average Bonchev–Trinajstić information content (AvgIpc) is 2.56. The van der Waals surface area contributed by atoms with Crippen LogP contribution < -0.4 is 5.32 Å². The fourth-order valence-electron chi connectivity index (χ4n) is 1.52. The highest BCUT2D eigenvalue weighted by Gasteiger charge is 2.29. The summed E-state index contributed by atoms with van der Waals surface area (Å²) in [6, 6.07) is 1.46. The first kappa shape index (κ1) is 8.93. The van der Waals surface area contributed by atoms with Gasteiger partial charge in [-0.25, -0.2) is 13.6 Å². The molecule has 0 amide bonds. The van der Waals surface area contributed by atoms with Gasteiger partial charge in [-0.2, -0.15) is 0 Å². The second-order valence-corrected chi connectivity index (χ2v) is 3.13. The van der Waals surface area contributed by atoms with Crippen molar-refractivity contribution >= 4 is 11.7 Å². The monoisotopic (exact) mass is 199 g/mol. The molecule has 14 heavy (non-hydrogen) atoms. The van der Waals surface area contributed by atoms with Gasteiger partial charge in [0.25, 0.3) is 0 Å². The maximum atomic E-state index is 13.1. The molecule has 0 saturated heterocycles. The normalized spacial score (nSPS) is 18.9. The molecule has 0 radical (unpaired) electrons. The number of aliphatic carboxylic acids is 1. The van der Waals surface area contributed by atoms with Crippen molar-refractivity contribution in [2.45, 2.75) is 12.5 Å². The van der Waals surface area contributed by atoms with E-state index in [1.807, 2.05) is 0 Å². The molecule has 0 aliphatic carbocycles. The zero-order chi connectivity index (χ0) is 10.3. The van der Waals surface area contributed by atoms with Crippen LogP contribution in [0.15, 0.2) is 12.1 Å². The summed E-state index contributed by atoms with van der Waals surface area (Å²) in [5, 5.41) is 11.3. The highest BCUT2D eigenvalue weighted by molar-refractivity contribution is 5.81. The van der Waals surface area contributed by atoms with Gasteiger partial charge in [0.2, 0.25) is 0 Å². The molecule has 1 aliphatic rings. The fraction of sp³-hybridized carbons (Fsp3) is 0.222. The molecule has 1 aliphatic heterocycles. The lowest BCUT2D eigenvalue weighted by Gasteiger charge is -2.03. The first-order valence-corrected chi connectivity index (χ1v) is 4.06. The molecule has 2 N–H and O–H groups in total. The number of fused-ring (bicyclic) bond motifs is 1. The summed E-state index contributed by atoms with van der Waals surface area (Å²) in [4.78, 5) is 10.6. The molecule has 74 valence electrons. The van der Waals surface area contributed by atoms with Gasteiger partial charge in [0.05, 0.1) is 0 Å². The van der Waals surface area contributed by atoms with Gasteiger partial charge in [-0.3, -0.25) is 0 Å². The lowest BCUT2D eigenvalue weighted by Crippen LogP contribution is -2.26. The van der Waals surface area contributed by atoms with Crippen LogP contribution >= 0.6 is 0 Å². The van der Waals surface area contributed by atoms with Crippen LogP contribution in [0, 0.1) is 11.6 Å². The summed E-state index contributed by atoms with van der Waals surface area (Å²) in [7, 11) is 0. The number of anilines is 1. The molecule has 0 saturated carbocycles. The third kappa shape index (κ3) is 1.21. The van der Waals surface area contributed by atoms with E-state index in [0.29, 0.717) is 5.69 Å². The molecule has 0 aromatic heterocycles. The van der Waals surface area contributed by atoms with E-state index in [4.69, 9.17) is 5.11 Å². The first-order valence-electron chi connectivity index (χ1n) is 4.06. The van der Waals surface area contributed by atoms with Gasteiger partial charge >= 0.3 is 5.97 Å². The molecule has 1 heterocycles. The number of carboxylic acids is 1. The number of nitrogens with one attached hydrogen (secondary N) is 1. The summed E-state index contributed by atoms with van der Waals surface area (Å²) < 4.78 is 25.9. The number of carbonyl (C=O) groups is 1. The number of hydrogen-bond donors (Lipinski definition) is 2. The molecular formula is C9H7F2NO2. The highest BCUT2D eigenvalue weighted by Crippen LogP contribution is 2.29. The van der Waals surface area contributed by atoms with Crippen molar-refractivity contribution in [2.75, 3.05) is 5.32 Å². The smallest absolute Gasteiger partial charge is 0.326 e. The van der Waals surface area contributed by atoms with Gasteiger partial charge in [0, 0.05) is 17.7 Å². The number of rotatable bonds is 1. The predicted octanol–water partition coefficient (Wildman–Crippen LogP) is 1.39. The minimum absolute atomic E-state index is 0.0196. The van der Waals surface area contributed by atoms with Crippen molar-refractivity contribution in [1.82, 2.24) is 0 Å². The minimum atomic E-state index is -1.07. The van der Waals surface area contributed by atoms with Gasteiger partial charge in [-0.05, 0) is 12.1 Å². The van der Waals surface area contributed by atoms with E-state index >= 15 is 0 Å². The van der Waals surface area contributed by atoms with Crippen molar-refractivity contribution in [3.05, 3.63) is 29.3 Å². The van der Waals surface area contributed by atoms with Crippen LogP contribution in [-0.4, -0.2) is 17.1 Å². The Morgan fingerprint density at radius 3 is 2.86 bits per heavy atom. The van der Waals surface area contributed by atoms with Crippen molar-refractivity contribution in [3.63, 3.8) is 0 Å². The molecule has 5 heteroatoms. The molecule has 1 aromatic rings. The Morgan fingerprint density at radius 2 is 2.21 bits per heavy atom. The Bertz CT molecular complexity index is 406. The fourth-order valence-corrected chi connectivity index (χ4v) is 1.52. The topological polar surface area (TPSA) is 49.3 Å². The van der Waals surface area contributed by atoms with E-state index in [1.165, 1.54) is 6.07 Å². The van der Waals surface area contributed by atoms with Crippen LogP contribution in [0.3, 0.4) is 0 Å². The second-order valence-electron chi connectivity index (χ2n) is 3.13. The summed E-state index contributed by atoms with van der Waals surface area (Å²) >= 11 is 0. The van der Waals surface area contributed by atoms with Gasteiger partial charge < -0.3 is 10.4 Å². The second kappa shape index (κ2) is 2.94. The van der Waals surface area contributed by atoms with E-state index in [1.54, 1.807) is 0 Å². The molecule has 0 fully saturated rings. The summed E-state index contributed by atoms with van der Waals surface area (Å²) in [5.74, 6) is -2.98. The lowest BCUT2D eigenvalue weighted by atomic mass is 10.1. The van der Waals surface area contributed by atoms with E-state index in [0.717, 1.165) is 6.07 Å². The number of carboxylic acid groups (broad SMARTS) is 1. The Kier molecular flexibility index (Phi) is 1.87. The van der Waals surface area contributed by atoms with Gasteiger partial charge in [-0.15, -0.1) is 0 Å². The zero-order valence-corrected chi connectivity index (χ0v) is 7.05. The maximum absolute atomic E-state index is 13.1. The third-order valence-corrected chi connectivity index (χ3v) is 2.23. The quantitative estimate of drug-likeness (QED) is 0.718. The van der Waals surface area contributed by atoms with E-state index in [-0.39, 0.29) is 12.0 Å². The van der Waals surface area contributed by atoms with Crippen LogP contribution in [0.2, 0.25) is 0 Å². The van der Waals surface area contributed by atoms with Crippen molar-refractivity contribution in [2.24, 2.45) is 0 Å². The summed E-state index contributed by atoms with van der Waals surface area (Å²) in [6.45, 7) is 0. The Balaban J connectivity index is 2.40. The third-order valence-electron chi connectivity index (χ3n) is 2.23. The largest absolute Gasteiger partial charge is 0.480 e. The molecule has 0 spiro atoms. The standard InChI is InChI=1S/C9H7F2NO2/c10-5-1-2-6-4(8(5)11)3-7(12-6)9(13)14/h1-2,7,12H,3H2,(H,13,14). The van der Waals surface area contributed by atoms with Crippen molar-refractivity contribution in [1.29, 1.82) is 0 Å². The molecule has 2 rings (SSSR count). The number of hydrogen-bond acceptors (Lipinski definition) is 2. The van der Waals surface area contributed by atoms with Crippen molar-refractivity contribution < 1.29 is 18.7 Å². The van der Waals surface area contributed by atoms with Crippen LogP contribution in [0.5, 0.6) is 0 Å². The summed E-state index contributed by atoms with van der Waals surface area (Å²) in [6.07, 6.45) is -0.0196. The van der Waals surface area contributed by atoms with Crippen molar-refractivity contribution in [3.8, 4) is 0 Å². The van der Waals surface area contributed by atoms with Crippen LogP contribution in [0.4, 0.5) is 14.5 Å². The van der Waals surface area contributed by atoms with E-state index in [2.05, 4.69) is 5.32 Å². The van der Waals surface area contributed by atoms with Crippen LogP contribution in [0.1, 0.15) is 5.56 Å². The van der Waals surface area contributed by atoms with Crippen LogP contribution in [-0.2, 0) is 11.2 Å². The Morgan fingerprint density at radius 1 is 1.50 bits per heavy atom. The van der Waals surface area contributed by atoms with Gasteiger partial charge in [0.15, 0.2) is 11.6 Å². The molecule has 1 unspecified atom stereocenters. The molecule has 0 bridgehead atoms. The number of benzene rings is 1. The minimum Gasteiger partial charge on any atom is -0.480 e. The van der Waals surface area contributed by atoms with E-state index < -0.39 is 23.6 Å². The molecule has 1 aromatic carbocycles. The predicted molar refractivity (Wildman–Crippen MR) is 45.1 cm³/mol. The van der Waals surface area contributed by atoms with Gasteiger partial charge in [0.1, 0.15) is 6.04 Å².